The second-order valence-electron chi connectivity index (χ2n) is 7.66. The number of halogens is 1. The molecule has 0 atom stereocenters. The number of hydrogen-bond donors (Lipinski definition) is 2. The van der Waals surface area contributed by atoms with Crippen LogP contribution in [0.25, 0.3) is 10.9 Å². The lowest BCUT2D eigenvalue weighted by atomic mass is 10.0. The molecule has 0 aliphatic heterocycles. The van der Waals surface area contributed by atoms with E-state index in [1.807, 2.05) is 57.2 Å². The van der Waals surface area contributed by atoms with Crippen LogP contribution in [0.2, 0.25) is 5.02 Å². The summed E-state index contributed by atoms with van der Waals surface area (Å²) in [4.78, 5) is 30.0. The number of nitrogens with zero attached hydrogens (tertiary/aromatic N) is 1. The van der Waals surface area contributed by atoms with Crippen molar-refractivity contribution in [3.63, 3.8) is 0 Å². The van der Waals surface area contributed by atoms with Crippen molar-refractivity contribution in [2.75, 3.05) is 13.2 Å². The number of amides is 1. The molecule has 2 N–H and O–H groups in total. The Morgan fingerprint density at radius 2 is 1.90 bits per heavy atom. The highest BCUT2D eigenvalue weighted by atomic mass is 35.5. The zero-order chi connectivity index (χ0) is 21.8. The van der Waals surface area contributed by atoms with E-state index in [1.54, 1.807) is 0 Å². The molecule has 1 aromatic heterocycles. The zero-order valence-corrected chi connectivity index (χ0v) is 18.3. The average molecular weight is 427 g/mol. The maximum Gasteiger partial charge on any atom is 0.253 e. The summed E-state index contributed by atoms with van der Waals surface area (Å²) in [6.07, 6.45) is 0.987. The Balaban J connectivity index is 1.87. The first kappa shape index (κ1) is 22.1. The van der Waals surface area contributed by atoms with Gasteiger partial charge in [0.2, 0.25) is 5.91 Å². The Labute approximate surface area is 181 Å². The van der Waals surface area contributed by atoms with Crippen molar-refractivity contribution in [2.24, 2.45) is 0 Å². The summed E-state index contributed by atoms with van der Waals surface area (Å²) < 4.78 is 0. The lowest BCUT2D eigenvalue weighted by Gasteiger charge is -2.22. The number of aliphatic hydroxyl groups excluding tert-OH is 1. The molecule has 0 saturated carbocycles. The molecule has 30 heavy (non-hydrogen) atoms. The molecule has 0 aliphatic carbocycles. The van der Waals surface area contributed by atoms with E-state index in [4.69, 9.17) is 11.6 Å². The Hall–Kier alpha value is -2.63. The largest absolute Gasteiger partial charge is 0.395 e. The van der Waals surface area contributed by atoms with Gasteiger partial charge < -0.3 is 15.0 Å². The second-order valence-corrected chi connectivity index (χ2v) is 8.07. The van der Waals surface area contributed by atoms with Gasteiger partial charge in [-0.1, -0.05) is 42.3 Å². The number of nitrogens with one attached hydrogen (secondary N) is 1. The molecule has 0 unspecified atom stereocenters. The first-order valence-corrected chi connectivity index (χ1v) is 10.5. The van der Waals surface area contributed by atoms with Crippen molar-refractivity contribution in [3.05, 3.63) is 79.6 Å². The molecule has 0 fully saturated rings. The SMILES string of the molecule is CCc1ccc(CC(=O)N(CCO)Cc2cc3cc(C)cc(C)c3[nH]c2=O)c(Cl)c1. The van der Waals surface area contributed by atoms with Gasteiger partial charge in [-0.3, -0.25) is 9.59 Å². The third-order valence-corrected chi connectivity index (χ3v) is 5.67. The third-order valence-electron chi connectivity index (χ3n) is 5.32. The van der Waals surface area contributed by atoms with Crippen molar-refractivity contribution in [3.8, 4) is 0 Å². The van der Waals surface area contributed by atoms with Gasteiger partial charge in [0.1, 0.15) is 0 Å². The molecule has 0 spiro atoms. The van der Waals surface area contributed by atoms with Gasteiger partial charge >= 0.3 is 0 Å². The van der Waals surface area contributed by atoms with Gasteiger partial charge in [-0.2, -0.15) is 0 Å². The van der Waals surface area contributed by atoms with Crippen molar-refractivity contribution in [1.29, 1.82) is 0 Å². The Kier molecular flexibility index (Phi) is 6.95. The molecule has 1 amide bonds. The van der Waals surface area contributed by atoms with Gasteiger partial charge in [-0.05, 0) is 60.5 Å². The number of H-pyrrole nitrogens is 1. The predicted molar refractivity (Wildman–Crippen MR) is 121 cm³/mol. The molecule has 158 valence electrons. The lowest BCUT2D eigenvalue weighted by molar-refractivity contribution is -0.131. The smallest absolute Gasteiger partial charge is 0.253 e. The maximum atomic E-state index is 12.9. The normalized spacial score (nSPS) is 11.1. The van der Waals surface area contributed by atoms with Gasteiger partial charge in [0, 0.05) is 17.1 Å². The number of aromatic amines is 1. The van der Waals surface area contributed by atoms with Crippen LogP contribution in [0.4, 0.5) is 0 Å². The van der Waals surface area contributed by atoms with Crippen LogP contribution in [0.15, 0.2) is 41.2 Å². The number of pyridine rings is 1. The summed E-state index contributed by atoms with van der Waals surface area (Å²) in [7, 11) is 0. The number of benzene rings is 2. The number of fused-ring (bicyclic) bond motifs is 1. The standard InChI is InChI=1S/C24H27ClN2O3/c1-4-17-5-6-18(21(25)11-17)13-22(29)27(7-8-28)14-20-12-19-10-15(2)9-16(3)23(19)26-24(20)30/h5-6,9-12,28H,4,7-8,13-14H2,1-3H3,(H,26,30). The summed E-state index contributed by atoms with van der Waals surface area (Å²) in [6, 6.07) is 11.6. The molecule has 0 radical (unpaired) electrons. The van der Waals surface area contributed by atoms with E-state index in [1.165, 1.54) is 4.90 Å². The maximum absolute atomic E-state index is 12.9. The monoisotopic (exact) mass is 426 g/mol. The zero-order valence-electron chi connectivity index (χ0n) is 17.6. The van der Waals surface area contributed by atoms with Crippen molar-refractivity contribution < 1.29 is 9.90 Å². The topological polar surface area (TPSA) is 73.4 Å². The summed E-state index contributed by atoms with van der Waals surface area (Å²) in [5.41, 5.74) is 5.01. The summed E-state index contributed by atoms with van der Waals surface area (Å²) in [6.45, 7) is 6.10. The lowest BCUT2D eigenvalue weighted by Crippen LogP contribution is -2.36. The molecule has 1 heterocycles. The van der Waals surface area contributed by atoms with Crippen LogP contribution in [0.5, 0.6) is 0 Å². The molecule has 6 heteroatoms. The van der Waals surface area contributed by atoms with Crippen LogP contribution in [0.1, 0.15) is 34.7 Å². The molecule has 0 aliphatic rings. The minimum Gasteiger partial charge on any atom is -0.395 e. The van der Waals surface area contributed by atoms with Crippen LogP contribution < -0.4 is 5.56 Å². The van der Waals surface area contributed by atoms with Crippen LogP contribution in [-0.4, -0.2) is 34.0 Å². The van der Waals surface area contributed by atoms with E-state index in [9.17, 15) is 14.7 Å². The summed E-state index contributed by atoms with van der Waals surface area (Å²) in [5, 5.41) is 10.9. The molecule has 5 nitrogen and oxygen atoms in total. The van der Waals surface area contributed by atoms with Crippen molar-refractivity contribution in [1.82, 2.24) is 9.88 Å². The molecular formula is C24H27ClN2O3. The highest BCUT2D eigenvalue weighted by molar-refractivity contribution is 6.31. The van der Waals surface area contributed by atoms with E-state index in [-0.39, 0.29) is 37.6 Å². The summed E-state index contributed by atoms with van der Waals surface area (Å²) >= 11 is 6.34. The number of hydrogen-bond acceptors (Lipinski definition) is 3. The number of aromatic nitrogens is 1. The Bertz CT molecular complexity index is 1140. The van der Waals surface area contributed by atoms with Crippen LogP contribution in [0, 0.1) is 13.8 Å². The first-order chi connectivity index (χ1) is 14.3. The van der Waals surface area contributed by atoms with Crippen molar-refractivity contribution in [2.45, 2.75) is 40.2 Å². The molecule has 3 rings (SSSR count). The predicted octanol–water partition coefficient (Wildman–Crippen LogP) is 3.92. The first-order valence-electron chi connectivity index (χ1n) is 10.1. The van der Waals surface area contributed by atoms with Gasteiger partial charge in [-0.25, -0.2) is 0 Å². The van der Waals surface area contributed by atoms with E-state index < -0.39 is 0 Å². The van der Waals surface area contributed by atoms with Crippen molar-refractivity contribution >= 4 is 28.4 Å². The summed E-state index contributed by atoms with van der Waals surface area (Å²) in [5.74, 6) is -0.185. The molecular weight excluding hydrogens is 400 g/mol. The van der Waals surface area contributed by atoms with Gasteiger partial charge in [0.15, 0.2) is 0 Å². The van der Waals surface area contributed by atoms with Gasteiger partial charge in [0.05, 0.1) is 25.1 Å². The molecule has 0 saturated heterocycles. The number of aryl methyl sites for hydroxylation is 3. The fourth-order valence-corrected chi connectivity index (χ4v) is 3.97. The molecule has 3 aromatic rings. The minimum absolute atomic E-state index is 0.118. The highest BCUT2D eigenvalue weighted by Gasteiger charge is 2.18. The number of carbonyl (C=O) groups excluding carboxylic acids is 1. The second kappa shape index (κ2) is 9.45. The Morgan fingerprint density at radius 3 is 2.57 bits per heavy atom. The van der Waals surface area contributed by atoms with Gasteiger partial charge in [0.25, 0.3) is 5.56 Å². The van der Waals surface area contributed by atoms with Crippen LogP contribution in [0.3, 0.4) is 0 Å². The highest BCUT2D eigenvalue weighted by Crippen LogP contribution is 2.21. The fraction of sp³-hybridized carbons (Fsp3) is 0.333. The Morgan fingerprint density at radius 1 is 1.13 bits per heavy atom. The van der Waals surface area contributed by atoms with E-state index in [2.05, 4.69) is 4.98 Å². The van der Waals surface area contributed by atoms with Crippen LogP contribution >= 0.6 is 11.6 Å². The third kappa shape index (κ3) is 4.91. The number of rotatable bonds is 7. The van der Waals surface area contributed by atoms with Gasteiger partial charge in [-0.15, -0.1) is 0 Å². The number of aliphatic hydroxyl groups is 1. The van der Waals surface area contributed by atoms with E-state index >= 15 is 0 Å². The van der Waals surface area contributed by atoms with E-state index in [0.29, 0.717) is 10.6 Å². The van der Waals surface area contributed by atoms with Crippen LogP contribution in [-0.2, 0) is 24.2 Å². The number of carbonyl (C=O) groups is 1. The fourth-order valence-electron chi connectivity index (χ4n) is 3.70. The average Bonchev–Trinajstić information content (AvgIpc) is 2.70. The molecule has 2 aromatic carbocycles. The quantitative estimate of drug-likeness (QED) is 0.601. The molecule has 0 bridgehead atoms. The van der Waals surface area contributed by atoms with E-state index in [0.717, 1.165) is 39.6 Å². The minimum atomic E-state index is -0.226.